The normalized spacial score (nSPS) is 21.7. The van der Waals surface area contributed by atoms with Crippen molar-refractivity contribution in [2.24, 2.45) is 0 Å². The van der Waals surface area contributed by atoms with Gasteiger partial charge in [-0.25, -0.2) is 4.79 Å². The van der Waals surface area contributed by atoms with E-state index in [-0.39, 0.29) is 40.5 Å². The quantitative estimate of drug-likeness (QED) is 0.123. The number of anilines is 1. The fraction of sp³-hybridized carbons (Fsp3) is 0.455. The molecule has 0 saturated carbocycles. The number of benzene rings is 3. The van der Waals surface area contributed by atoms with Gasteiger partial charge in [-0.15, -0.1) is 0 Å². The molecule has 4 aliphatic rings. The van der Waals surface area contributed by atoms with E-state index in [0.29, 0.717) is 93.5 Å². The van der Waals surface area contributed by atoms with Gasteiger partial charge in [0.25, 0.3) is 20.2 Å². The van der Waals surface area contributed by atoms with Crippen LogP contribution in [0.25, 0.3) is 0 Å². The zero-order chi connectivity index (χ0) is 51.1. The molecule has 0 radical (unpaired) electrons. The van der Waals surface area contributed by atoms with E-state index in [0.717, 1.165) is 66.0 Å². The van der Waals surface area contributed by atoms with Gasteiger partial charge in [-0.3, -0.25) is 18.7 Å². The van der Waals surface area contributed by atoms with Crippen molar-refractivity contribution in [2.75, 3.05) is 30.3 Å². The molecule has 3 aromatic carbocycles. The van der Waals surface area contributed by atoms with Gasteiger partial charge in [0, 0.05) is 73.3 Å². The number of aryl methyl sites for hydroxylation is 1. The van der Waals surface area contributed by atoms with Crippen LogP contribution in [0.5, 0.6) is 5.75 Å². The highest BCUT2D eigenvalue weighted by Gasteiger charge is 2.45. The van der Waals surface area contributed by atoms with Crippen LogP contribution in [0, 0.1) is 6.92 Å². The SMILES string of the molecule is Cc1ccc2c(c1)C(C)(C)C1=[N+]2CCCCCC(=O)NCCCC(=O)CCCCCC2(C)/C(=C/C=C3CCCC(=C3Oc3ccc(C(=O)O)cc3)C=C1)N(CCCS(=O)(=O)O)c1ccc(S(=O)(=O)O)cc12. The Morgan fingerprint density at radius 2 is 1.52 bits per heavy atom. The monoisotopic (exact) mass is 1010 g/mol. The van der Waals surface area contributed by atoms with Crippen molar-refractivity contribution in [1.82, 2.24) is 5.32 Å². The number of Topliss-reactive ketones (excluding diaryl/α,β-unsaturated/α-hetero) is 1. The largest absolute Gasteiger partial charge is 0.478 e. The Balaban J connectivity index is 1.38. The number of rotatable bonds is 8. The first-order valence-corrected chi connectivity index (χ1v) is 27.9. The van der Waals surface area contributed by atoms with Crippen LogP contribution in [0.4, 0.5) is 11.4 Å². The third-order valence-electron chi connectivity index (χ3n) is 14.4. The number of ketones is 1. The summed E-state index contributed by atoms with van der Waals surface area (Å²) in [7, 11) is -8.92. The molecule has 3 heterocycles. The van der Waals surface area contributed by atoms with Gasteiger partial charge in [0.1, 0.15) is 23.8 Å². The molecule has 0 aromatic heterocycles. The number of hydrogen-bond donors (Lipinski definition) is 4. The highest BCUT2D eigenvalue weighted by Crippen LogP contribution is 2.52. The molecule has 0 spiro atoms. The molecule has 7 rings (SSSR count). The summed E-state index contributed by atoms with van der Waals surface area (Å²) in [5.74, 6) is -0.410. The molecule has 4 N–H and O–H groups in total. The van der Waals surface area contributed by atoms with Crippen molar-refractivity contribution < 1.29 is 54.7 Å². The van der Waals surface area contributed by atoms with Crippen LogP contribution in [0.2, 0.25) is 0 Å². The van der Waals surface area contributed by atoms with Gasteiger partial charge in [-0.05, 0) is 163 Å². The Morgan fingerprint density at radius 1 is 0.789 bits per heavy atom. The predicted octanol–water partition coefficient (Wildman–Crippen LogP) is 10.2. The molecule has 14 nitrogen and oxygen atoms in total. The van der Waals surface area contributed by atoms with Crippen molar-refractivity contribution >= 4 is 55.0 Å². The average Bonchev–Trinajstić information content (AvgIpc) is 3.66. The van der Waals surface area contributed by atoms with Gasteiger partial charge in [-0.1, -0.05) is 30.5 Å². The van der Waals surface area contributed by atoms with Gasteiger partial charge in [0.05, 0.1) is 21.6 Å². The van der Waals surface area contributed by atoms with Gasteiger partial charge in [0.2, 0.25) is 11.6 Å². The molecule has 0 fully saturated rings. The molecule has 3 aromatic rings. The van der Waals surface area contributed by atoms with E-state index in [2.05, 4.69) is 61.0 Å². The number of hydrogen-bond acceptors (Lipinski definition) is 9. The summed E-state index contributed by atoms with van der Waals surface area (Å²) < 4.78 is 78.4. The molecule has 16 heteroatoms. The maximum Gasteiger partial charge on any atom is 0.335 e. The highest BCUT2D eigenvalue weighted by atomic mass is 32.2. The second-order valence-corrected chi connectivity index (χ2v) is 23.0. The molecule has 1 unspecified atom stereocenters. The third kappa shape index (κ3) is 12.9. The van der Waals surface area contributed by atoms with E-state index >= 15 is 0 Å². The van der Waals surface area contributed by atoms with Crippen molar-refractivity contribution in [1.29, 1.82) is 0 Å². The summed E-state index contributed by atoms with van der Waals surface area (Å²) >= 11 is 0. The zero-order valence-electron chi connectivity index (χ0n) is 41.3. The first kappa shape index (κ1) is 53.1. The van der Waals surface area contributed by atoms with Crippen LogP contribution in [-0.2, 0) is 40.7 Å². The topological polar surface area (TPSA) is 208 Å². The second kappa shape index (κ2) is 22.4. The molecule has 2 bridgehead atoms. The Kier molecular flexibility index (Phi) is 16.8. The van der Waals surface area contributed by atoms with E-state index in [1.807, 2.05) is 24.0 Å². The van der Waals surface area contributed by atoms with E-state index in [9.17, 15) is 45.4 Å². The number of nitrogens with one attached hydrogen (secondary N) is 1. The zero-order valence-corrected chi connectivity index (χ0v) is 43.0. The van der Waals surface area contributed by atoms with Gasteiger partial charge >= 0.3 is 5.97 Å². The summed E-state index contributed by atoms with van der Waals surface area (Å²) in [4.78, 5) is 39.3. The van der Waals surface area contributed by atoms with Crippen molar-refractivity contribution in [3.8, 4) is 5.75 Å². The fourth-order valence-electron chi connectivity index (χ4n) is 10.6. The van der Waals surface area contributed by atoms with Crippen LogP contribution in [0.15, 0.2) is 112 Å². The van der Waals surface area contributed by atoms with E-state index < -0.39 is 37.4 Å². The van der Waals surface area contributed by atoms with E-state index in [1.165, 1.54) is 29.8 Å². The van der Waals surface area contributed by atoms with Crippen molar-refractivity contribution in [2.45, 2.75) is 140 Å². The van der Waals surface area contributed by atoms with Crippen LogP contribution in [0.3, 0.4) is 0 Å². The number of ether oxygens (including phenoxy) is 1. The number of nitrogens with zero attached hydrogens (tertiary/aromatic N) is 2. The lowest BCUT2D eigenvalue weighted by Crippen LogP contribution is -2.30. The lowest BCUT2D eigenvalue weighted by atomic mass is 9.77. The molecule has 1 aliphatic carbocycles. The smallest absolute Gasteiger partial charge is 0.335 e. The Bertz CT molecular complexity index is 2930. The Hall–Kier alpha value is -5.68. The number of carboxylic acids is 1. The minimum atomic E-state index is -4.61. The maximum absolute atomic E-state index is 13.0. The molecular weight excluding hydrogens is 943 g/mol. The maximum atomic E-state index is 13.0. The molecule has 0 saturated heterocycles. The molecule has 1 amide bonds. The minimum Gasteiger partial charge on any atom is -0.478 e. The number of amides is 1. The molecule has 380 valence electrons. The second-order valence-electron chi connectivity index (χ2n) is 20.0. The van der Waals surface area contributed by atoms with E-state index in [4.69, 9.17) is 4.74 Å². The van der Waals surface area contributed by atoms with Crippen LogP contribution in [0.1, 0.15) is 144 Å². The first-order valence-electron chi connectivity index (χ1n) is 24.9. The number of aromatic carboxylic acids is 1. The first-order chi connectivity index (χ1) is 33.7. The molecule has 1 atom stereocenters. The van der Waals surface area contributed by atoms with E-state index in [1.54, 1.807) is 18.2 Å². The Morgan fingerprint density at radius 3 is 2.25 bits per heavy atom. The number of fused-ring (bicyclic) bond motifs is 6. The highest BCUT2D eigenvalue weighted by molar-refractivity contribution is 7.86. The number of allylic oxidation sites excluding steroid dienone is 7. The lowest BCUT2D eigenvalue weighted by molar-refractivity contribution is -0.438. The number of carbonyl (C=O) groups is 3. The minimum absolute atomic E-state index is 0.0192. The lowest BCUT2D eigenvalue weighted by Gasteiger charge is -2.31. The predicted molar refractivity (Wildman–Crippen MR) is 275 cm³/mol. The summed E-state index contributed by atoms with van der Waals surface area (Å²) in [5, 5.41) is 12.7. The van der Waals surface area contributed by atoms with Crippen LogP contribution >= 0.6 is 0 Å². The molecule has 71 heavy (non-hydrogen) atoms. The summed E-state index contributed by atoms with van der Waals surface area (Å²) in [6.45, 7) is 9.90. The van der Waals surface area contributed by atoms with Gasteiger partial charge < -0.3 is 20.1 Å². The van der Waals surface area contributed by atoms with Crippen LogP contribution in [-0.4, -0.2) is 84.4 Å². The molecule has 3 aliphatic heterocycles. The van der Waals surface area contributed by atoms with Crippen molar-refractivity contribution in [3.05, 3.63) is 130 Å². The van der Waals surface area contributed by atoms with Gasteiger partial charge in [-0.2, -0.15) is 21.4 Å². The standard InChI is InChI=1S/C55H67N3O11S2/c1-38-19-27-47-45(36-38)54(2,3)49-29-22-39-14-11-15-40(52(39)69-43-24-20-41(21-25-43)53(61)62)23-30-50-55(4,46-37-44(71(66,67)68)26-28-48(46)58(50)34-13-35-70(63,64)65)31-9-5-7-16-42(59)17-12-32-56-51(60)18-8-6-10-33-57(47)49/h19-30,36-37H,5-18,31-35H2,1-4H3,(H3-,56,60,61,62,63,64,65,66,67,68)/p+1. The summed E-state index contributed by atoms with van der Waals surface area (Å²) in [5.41, 5.74) is 7.32. The van der Waals surface area contributed by atoms with Gasteiger partial charge in [0.15, 0.2) is 5.71 Å². The number of carbonyl (C=O) groups excluding carboxylic acids is 2. The summed E-state index contributed by atoms with van der Waals surface area (Å²) in [6, 6.07) is 17.2. The van der Waals surface area contributed by atoms with Crippen LogP contribution < -0.4 is 15.0 Å². The molecular formula is C55H68N3O11S2+. The Labute approximate surface area is 418 Å². The number of carboxylic acid groups (broad SMARTS) is 1. The fourth-order valence-corrected chi connectivity index (χ4v) is 11.6. The van der Waals surface area contributed by atoms with Crippen molar-refractivity contribution in [3.63, 3.8) is 0 Å². The third-order valence-corrected chi connectivity index (χ3v) is 16.0. The summed E-state index contributed by atoms with van der Waals surface area (Å²) in [6.07, 6.45) is 17.1. The average molecular weight is 1010 g/mol.